The highest BCUT2D eigenvalue weighted by atomic mass is 16.5. The molecule has 1 saturated heterocycles. The molecule has 1 aliphatic heterocycles. The summed E-state index contributed by atoms with van der Waals surface area (Å²) in [6.07, 6.45) is 4.49. The van der Waals surface area contributed by atoms with Crippen LogP contribution in [0.1, 0.15) is 32.6 Å². The summed E-state index contributed by atoms with van der Waals surface area (Å²) in [4.78, 5) is 0. The molecule has 84 valence electrons. The van der Waals surface area contributed by atoms with Gasteiger partial charge in [0.1, 0.15) is 0 Å². The molecule has 0 saturated carbocycles. The Hall–Kier alpha value is -0.120. The minimum absolute atomic E-state index is 0.310. The Labute approximate surface area is 86.9 Å². The lowest BCUT2D eigenvalue weighted by atomic mass is 9.92. The van der Waals surface area contributed by atoms with Gasteiger partial charge in [0.2, 0.25) is 0 Å². The molecule has 0 bridgehead atoms. The second kappa shape index (κ2) is 7.21. The van der Waals surface area contributed by atoms with E-state index < -0.39 is 0 Å². The SMILES string of the molecule is CCOCCC(N)CC1CCOCC1. The molecule has 1 heterocycles. The van der Waals surface area contributed by atoms with Gasteiger partial charge in [-0.25, -0.2) is 0 Å². The summed E-state index contributed by atoms with van der Waals surface area (Å²) in [6.45, 7) is 5.46. The van der Waals surface area contributed by atoms with Crippen molar-refractivity contribution in [3.8, 4) is 0 Å². The first kappa shape index (κ1) is 12.0. The first-order valence-corrected chi connectivity index (χ1v) is 5.74. The smallest absolute Gasteiger partial charge is 0.0480 e. The molecule has 0 radical (unpaired) electrons. The van der Waals surface area contributed by atoms with Gasteiger partial charge in [-0.05, 0) is 38.5 Å². The van der Waals surface area contributed by atoms with Crippen molar-refractivity contribution in [2.75, 3.05) is 26.4 Å². The van der Waals surface area contributed by atoms with E-state index in [0.717, 1.165) is 45.2 Å². The van der Waals surface area contributed by atoms with Crippen LogP contribution in [0.3, 0.4) is 0 Å². The molecule has 1 rings (SSSR count). The van der Waals surface area contributed by atoms with Crippen molar-refractivity contribution < 1.29 is 9.47 Å². The first-order valence-electron chi connectivity index (χ1n) is 5.74. The standard InChI is InChI=1S/C11H23NO2/c1-2-13-8-5-11(12)9-10-3-6-14-7-4-10/h10-11H,2-9,12H2,1H3. The molecule has 0 aromatic rings. The fraction of sp³-hybridized carbons (Fsp3) is 1.00. The van der Waals surface area contributed by atoms with Crippen LogP contribution in [0, 0.1) is 5.92 Å². The molecule has 0 spiro atoms. The van der Waals surface area contributed by atoms with Crippen LogP contribution in [0.2, 0.25) is 0 Å². The Morgan fingerprint density at radius 2 is 2.14 bits per heavy atom. The van der Waals surface area contributed by atoms with E-state index in [2.05, 4.69) is 0 Å². The molecular weight excluding hydrogens is 178 g/mol. The van der Waals surface area contributed by atoms with E-state index in [1.54, 1.807) is 0 Å². The van der Waals surface area contributed by atoms with Gasteiger partial charge in [0.25, 0.3) is 0 Å². The van der Waals surface area contributed by atoms with Gasteiger partial charge in [-0.15, -0.1) is 0 Å². The van der Waals surface area contributed by atoms with Gasteiger partial charge in [-0.3, -0.25) is 0 Å². The molecule has 14 heavy (non-hydrogen) atoms. The normalized spacial score (nSPS) is 21.0. The third-order valence-corrected chi connectivity index (χ3v) is 2.81. The second-order valence-corrected chi connectivity index (χ2v) is 4.04. The lowest BCUT2D eigenvalue weighted by molar-refractivity contribution is 0.0598. The molecule has 0 aromatic carbocycles. The van der Waals surface area contributed by atoms with E-state index in [1.165, 1.54) is 12.8 Å². The van der Waals surface area contributed by atoms with Gasteiger partial charge in [-0.1, -0.05) is 0 Å². The van der Waals surface area contributed by atoms with Crippen molar-refractivity contribution in [1.29, 1.82) is 0 Å². The van der Waals surface area contributed by atoms with Crippen molar-refractivity contribution in [2.24, 2.45) is 11.7 Å². The highest BCUT2D eigenvalue weighted by Gasteiger charge is 2.16. The van der Waals surface area contributed by atoms with E-state index in [1.807, 2.05) is 6.92 Å². The lowest BCUT2D eigenvalue weighted by Gasteiger charge is -2.24. The molecule has 2 N–H and O–H groups in total. The molecule has 1 fully saturated rings. The maximum absolute atomic E-state index is 6.02. The van der Waals surface area contributed by atoms with Crippen molar-refractivity contribution in [3.63, 3.8) is 0 Å². The third-order valence-electron chi connectivity index (χ3n) is 2.81. The van der Waals surface area contributed by atoms with Crippen molar-refractivity contribution in [1.82, 2.24) is 0 Å². The van der Waals surface area contributed by atoms with Gasteiger partial charge in [0.05, 0.1) is 0 Å². The predicted octanol–water partition coefficient (Wildman–Crippen LogP) is 1.56. The van der Waals surface area contributed by atoms with Gasteiger partial charge in [0, 0.05) is 32.5 Å². The van der Waals surface area contributed by atoms with Crippen LogP contribution in [0.4, 0.5) is 0 Å². The molecule has 1 unspecified atom stereocenters. The van der Waals surface area contributed by atoms with Crippen LogP contribution in [0.5, 0.6) is 0 Å². The van der Waals surface area contributed by atoms with Crippen LogP contribution >= 0.6 is 0 Å². The zero-order valence-corrected chi connectivity index (χ0v) is 9.21. The zero-order valence-electron chi connectivity index (χ0n) is 9.21. The largest absolute Gasteiger partial charge is 0.382 e. The fourth-order valence-corrected chi connectivity index (χ4v) is 1.91. The van der Waals surface area contributed by atoms with Crippen LogP contribution in [-0.2, 0) is 9.47 Å². The molecule has 3 heteroatoms. The van der Waals surface area contributed by atoms with Gasteiger partial charge < -0.3 is 15.2 Å². The monoisotopic (exact) mass is 201 g/mol. The summed E-state index contributed by atoms with van der Waals surface area (Å²) < 4.78 is 10.6. The predicted molar refractivity (Wildman–Crippen MR) is 57.2 cm³/mol. The number of rotatable bonds is 6. The van der Waals surface area contributed by atoms with Gasteiger partial charge in [-0.2, -0.15) is 0 Å². The van der Waals surface area contributed by atoms with Gasteiger partial charge >= 0.3 is 0 Å². The quantitative estimate of drug-likeness (QED) is 0.663. The molecule has 0 aliphatic carbocycles. The molecule has 1 atom stereocenters. The van der Waals surface area contributed by atoms with E-state index in [0.29, 0.717) is 6.04 Å². The van der Waals surface area contributed by atoms with Crippen LogP contribution < -0.4 is 5.73 Å². The van der Waals surface area contributed by atoms with Crippen molar-refractivity contribution in [3.05, 3.63) is 0 Å². The number of ether oxygens (including phenoxy) is 2. The van der Waals surface area contributed by atoms with Crippen molar-refractivity contribution >= 4 is 0 Å². The van der Waals surface area contributed by atoms with E-state index in [-0.39, 0.29) is 0 Å². The minimum Gasteiger partial charge on any atom is -0.382 e. The molecule has 0 amide bonds. The zero-order chi connectivity index (χ0) is 10.2. The number of nitrogens with two attached hydrogens (primary N) is 1. The topological polar surface area (TPSA) is 44.5 Å². The maximum Gasteiger partial charge on any atom is 0.0480 e. The Bertz CT molecular complexity index is 135. The summed E-state index contributed by atoms with van der Waals surface area (Å²) >= 11 is 0. The number of hydrogen-bond acceptors (Lipinski definition) is 3. The van der Waals surface area contributed by atoms with E-state index in [4.69, 9.17) is 15.2 Å². The van der Waals surface area contributed by atoms with Gasteiger partial charge in [0.15, 0.2) is 0 Å². The molecule has 1 aliphatic rings. The molecule has 3 nitrogen and oxygen atoms in total. The Morgan fingerprint density at radius 1 is 1.43 bits per heavy atom. The summed E-state index contributed by atoms with van der Waals surface area (Å²) in [6, 6.07) is 0.310. The van der Waals surface area contributed by atoms with Crippen LogP contribution in [-0.4, -0.2) is 32.5 Å². The van der Waals surface area contributed by atoms with E-state index >= 15 is 0 Å². The highest BCUT2D eigenvalue weighted by molar-refractivity contribution is 4.70. The Morgan fingerprint density at radius 3 is 2.79 bits per heavy atom. The van der Waals surface area contributed by atoms with E-state index in [9.17, 15) is 0 Å². The Balaban J connectivity index is 2.03. The summed E-state index contributed by atoms with van der Waals surface area (Å²) in [5.41, 5.74) is 6.02. The summed E-state index contributed by atoms with van der Waals surface area (Å²) in [5.74, 6) is 0.778. The Kier molecular flexibility index (Phi) is 6.15. The van der Waals surface area contributed by atoms with Crippen molar-refractivity contribution in [2.45, 2.75) is 38.6 Å². The molecule has 0 aromatic heterocycles. The van der Waals surface area contributed by atoms with Crippen LogP contribution in [0.25, 0.3) is 0 Å². The maximum atomic E-state index is 6.02. The highest BCUT2D eigenvalue weighted by Crippen LogP contribution is 2.20. The first-order chi connectivity index (χ1) is 6.83. The average Bonchev–Trinajstić information content (AvgIpc) is 2.20. The minimum atomic E-state index is 0.310. The summed E-state index contributed by atoms with van der Waals surface area (Å²) in [5, 5.41) is 0. The molecular formula is C11H23NO2. The second-order valence-electron chi connectivity index (χ2n) is 4.04. The number of hydrogen-bond donors (Lipinski definition) is 1. The summed E-state index contributed by atoms with van der Waals surface area (Å²) in [7, 11) is 0. The third kappa shape index (κ3) is 4.94. The van der Waals surface area contributed by atoms with Crippen LogP contribution in [0.15, 0.2) is 0 Å². The lowest BCUT2D eigenvalue weighted by Crippen LogP contribution is -2.28. The fourth-order valence-electron chi connectivity index (χ4n) is 1.91. The average molecular weight is 201 g/mol.